The number of rotatable bonds is 5. The quantitative estimate of drug-likeness (QED) is 0.742. The van der Waals surface area contributed by atoms with E-state index in [9.17, 15) is 14.4 Å². The standard InChI is InChI=1S/C16H16N6O3/c23-14-8-13(16(25)18-14)22(12-5-6-12)15(24)7-10-1-3-11(4-2-10)21-9-17-19-20-21/h1-4,9,12-13H,5-8H2,(H,18,23,25)/t13-/m1/s1. The summed E-state index contributed by atoms with van der Waals surface area (Å²) in [6.07, 6.45) is 3.48. The molecule has 25 heavy (non-hydrogen) atoms. The lowest BCUT2D eigenvalue weighted by molar-refractivity contribution is -0.139. The monoisotopic (exact) mass is 340 g/mol. The summed E-state index contributed by atoms with van der Waals surface area (Å²) in [6.45, 7) is 0. The van der Waals surface area contributed by atoms with Gasteiger partial charge in [0.25, 0.3) is 0 Å². The van der Waals surface area contributed by atoms with Crippen LogP contribution in [0.4, 0.5) is 0 Å². The SMILES string of the molecule is O=C1C[C@@H](N(C(=O)Cc2ccc(-n3cnnn3)cc2)C2CC2)C(=O)N1. The molecule has 1 aromatic heterocycles. The zero-order valence-corrected chi connectivity index (χ0v) is 13.3. The van der Waals surface area contributed by atoms with Crippen LogP contribution < -0.4 is 5.32 Å². The number of carbonyl (C=O) groups excluding carboxylic acids is 3. The minimum Gasteiger partial charge on any atom is -0.327 e. The Balaban J connectivity index is 1.48. The largest absolute Gasteiger partial charge is 0.327 e. The molecule has 1 aliphatic carbocycles. The molecule has 1 saturated carbocycles. The summed E-state index contributed by atoms with van der Waals surface area (Å²) in [7, 11) is 0. The second-order valence-corrected chi connectivity index (χ2v) is 6.26. The van der Waals surface area contributed by atoms with Crippen LogP contribution in [0.5, 0.6) is 0 Å². The fourth-order valence-electron chi connectivity index (χ4n) is 3.06. The predicted octanol–water partition coefficient (Wildman–Crippen LogP) is -0.389. The van der Waals surface area contributed by atoms with Gasteiger partial charge in [0.1, 0.15) is 12.4 Å². The van der Waals surface area contributed by atoms with Gasteiger partial charge in [-0.2, -0.15) is 0 Å². The minimum absolute atomic E-state index is 0.0549. The van der Waals surface area contributed by atoms with Gasteiger partial charge < -0.3 is 4.90 Å². The molecule has 0 spiro atoms. The van der Waals surface area contributed by atoms with E-state index < -0.39 is 6.04 Å². The fourth-order valence-corrected chi connectivity index (χ4v) is 3.06. The third-order valence-corrected chi connectivity index (χ3v) is 4.41. The smallest absolute Gasteiger partial charge is 0.249 e. The molecule has 3 amide bonds. The second kappa shape index (κ2) is 6.08. The van der Waals surface area contributed by atoms with E-state index in [1.165, 1.54) is 11.0 Å². The highest BCUT2D eigenvalue weighted by atomic mass is 16.2. The van der Waals surface area contributed by atoms with Crippen LogP contribution >= 0.6 is 0 Å². The summed E-state index contributed by atoms with van der Waals surface area (Å²) in [6, 6.07) is 6.71. The zero-order chi connectivity index (χ0) is 17.4. The normalized spacial score (nSPS) is 19.8. The topological polar surface area (TPSA) is 110 Å². The maximum Gasteiger partial charge on any atom is 0.249 e. The minimum atomic E-state index is -0.673. The number of hydrogen-bond donors (Lipinski definition) is 1. The van der Waals surface area contributed by atoms with Crippen molar-refractivity contribution in [1.82, 2.24) is 30.4 Å². The Labute approximate surface area is 143 Å². The molecule has 1 atom stereocenters. The molecule has 4 rings (SSSR count). The van der Waals surface area contributed by atoms with Crippen molar-refractivity contribution < 1.29 is 14.4 Å². The molecule has 1 saturated heterocycles. The Morgan fingerprint density at radius 3 is 2.56 bits per heavy atom. The predicted molar refractivity (Wildman–Crippen MR) is 84.3 cm³/mol. The van der Waals surface area contributed by atoms with Crippen LogP contribution in [-0.4, -0.2) is 54.9 Å². The van der Waals surface area contributed by atoms with Gasteiger partial charge in [-0.05, 0) is 41.0 Å². The van der Waals surface area contributed by atoms with Gasteiger partial charge in [-0.25, -0.2) is 4.68 Å². The number of nitrogens with zero attached hydrogens (tertiary/aromatic N) is 5. The van der Waals surface area contributed by atoms with Crippen LogP contribution in [0.25, 0.3) is 5.69 Å². The molecule has 1 aliphatic heterocycles. The van der Waals surface area contributed by atoms with E-state index in [1.54, 1.807) is 4.90 Å². The summed E-state index contributed by atoms with van der Waals surface area (Å²) in [5.74, 6) is -0.828. The van der Waals surface area contributed by atoms with Crippen molar-refractivity contribution in [2.24, 2.45) is 0 Å². The average Bonchev–Trinajstić information content (AvgIpc) is 3.15. The van der Waals surface area contributed by atoms with Crippen molar-refractivity contribution in [2.45, 2.75) is 37.8 Å². The Morgan fingerprint density at radius 2 is 2.00 bits per heavy atom. The molecule has 128 valence electrons. The molecule has 9 heteroatoms. The van der Waals surface area contributed by atoms with Crippen molar-refractivity contribution in [3.8, 4) is 5.69 Å². The average molecular weight is 340 g/mol. The van der Waals surface area contributed by atoms with Crippen LogP contribution in [0.15, 0.2) is 30.6 Å². The molecule has 0 unspecified atom stereocenters. The Hall–Kier alpha value is -3.10. The van der Waals surface area contributed by atoms with Gasteiger partial charge in [-0.1, -0.05) is 12.1 Å². The zero-order valence-electron chi connectivity index (χ0n) is 13.3. The molecule has 1 N–H and O–H groups in total. The van der Waals surface area contributed by atoms with Crippen LogP contribution in [-0.2, 0) is 20.8 Å². The van der Waals surface area contributed by atoms with Crippen molar-refractivity contribution in [3.05, 3.63) is 36.2 Å². The summed E-state index contributed by atoms with van der Waals surface area (Å²) in [4.78, 5) is 37.7. The number of nitrogens with one attached hydrogen (secondary N) is 1. The lowest BCUT2D eigenvalue weighted by atomic mass is 10.1. The maximum absolute atomic E-state index is 12.7. The molecular formula is C16H16N6O3. The first-order chi connectivity index (χ1) is 12.1. The molecule has 2 aromatic rings. The van der Waals surface area contributed by atoms with Crippen molar-refractivity contribution in [1.29, 1.82) is 0 Å². The lowest BCUT2D eigenvalue weighted by Crippen LogP contribution is -2.46. The molecule has 9 nitrogen and oxygen atoms in total. The molecule has 0 radical (unpaired) electrons. The Morgan fingerprint density at radius 1 is 1.24 bits per heavy atom. The van der Waals surface area contributed by atoms with Crippen LogP contribution in [0.3, 0.4) is 0 Å². The van der Waals surface area contributed by atoms with Gasteiger partial charge in [0.05, 0.1) is 18.5 Å². The summed E-state index contributed by atoms with van der Waals surface area (Å²) < 4.78 is 1.52. The first kappa shape index (κ1) is 15.4. The highest BCUT2D eigenvalue weighted by Gasteiger charge is 2.44. The highest BCUT2D eigenvalue weighted by Crippen LogP contribution is 2.31. The van der Waals surface area contributed by atoms with Gasteiger partial charge in [0.15, 0.2) is 0 Å². The van der Waals surface area contributed by atoms with Gasteiger partial charge in [0, 0.05) is 6.04 Å². The van der Waals surface area contributed by atoms with Gasteiger partial charge in [-0.3, -0.25) is 19.7 Å². The van der Waals surface area contributed by atoms with Crippen LogP contribution in [0.2, 0.25) is 0 Å². The molecule has 2 fully saturated rings. The van der Waals surface area contributed by atoms with E-state index in [0.29, 0.717) is 0 Å². The van der Waals surface area contributed by atoms with E-state index >= 15 is 0 Å². The van der Waals surface area contributed by atoms with Crippen LogP contribution in [0, 0.1) is 0 Å². The molecule has 2 aliphatic rings. The number of carbonyl (C=O) groups is 3. The second-order valence-electron chi connectivity index (χ2n) is 6.26. The molecular weight excluding hydrogens is 324 g/mol. The van der Waals surface area contributed by atoms with Crippen LogP contribution in [0.1, 0.15) is 24.8 Å². The first-order valence-electron chi connectivity index (χ1n) is 8.09. The van der Waals surface area contributed by atoms with E-state index in [1.807, 2.05) is 24.3 Å². The lowest BCUT2D eigenvalue weighted by Gasteiger charge is -2.26. The number of hydrogen-bond acceptors (Lipinski definition) is 6. The fraction of sp³-hybridized carbons (Fsp3) is 0.375. The third kappa shape index (κ3) is 3.12. The number of benzene rings is 1. The van der Waals surface area contributed by atoms with E-state index in [-0.39, 0.29) is 36.6 Å². The van der Waals surface area contributed by atoms with Crippen molar-refractivity contribution in [2.75, 3.05) is 0 Å². The summed E-state index contributed by atoms with van der Waals surface area (Å²) in [5, 5.41) is 13.3. The molecule has 0 bridgehead atoms. The summed E-state index contributed by atoms with van der Waals surface area (Å²) in [5.41, 5.74) is 1.62. The van der Waals surface area contributed by atoms with Crippen molar-refractivity contribution >= 4 is 17.7 Å². The number of imide groups is 1. The third-order valence-electron chi connectivity index (χ3n) is 4.41. The first-order valence-corrected chi connectivity index (χ1v) is 8.09. The number of tetrazole rings is 1. The molecule has 1 aromatic carbocycles. The number of amides is 3. The van der Waals surface area contributed by atoms with Gasteiger partial charge >= 0.3 is 0 Å². The van der Waals surface area contributed by atoms with E-state index in [2.05, 4.69) is 20.8 Å². The highest BCUT2D eigenvalue weighted by molar-refractivity contribution is 6.07. The van der Waals surface area contributed by atoms with Gasteiger partial charge in [0.2, 0.25) is 17.7 Å². The maximum atomic E-state index is 12.7. The number of aromatic nitrogens is 4. The van der Waals surface area contributed by atoms with Crippen molar-refractivity contribution in [3.63, 3.8) is 0 Å². The van der Waals surface area contributed by atoms with Gasteiger partial charge in [-0.15, -0.1) is 5.10 Å². The van der Waals surface area contributed by atoms with E-state index in [0.717, 1.165) is 24.1 Å². The molecule has 2 heterocycles. The Bertz CT molecular complexity index is 813. The summed E-state index contributed by atoms with van der Waals surface area (Å²) >= 11 is 0. The Kier molecular flexibility index (Phi) is 3.75. The van der Waals surface area contributed by atoms with E-state index in [4.69, 9.17) is 0 Å².